The molecule has 9 heteroatoms. The average Bonchev–Trinajstić information content (AvgIpc) is 3.36. The van der Waals surface area contributed by atoms with Gasteiger partial charge in [0.25, 0.3) is 5.91 Å². The van der Waals surface area contributed by atoms with Crippen molar-refractivity contribution in [3.05, 3.63) is 57.9 Å². The van der Waals surface area contributed by atoms with E-state index in [2.05, 4.69) is 27.2 Å². The van der Waals surface area contributed by atoms with E-state index in [9.17, 15) is 9.59 Å². The van der Waals surface area contributed by atoms with Crippen LogP contribution in [0.15, 0.2) is 30.5 Å². The van der Waals surface area contributed by atoms with Gasteiger partial charge in [-0.3, -0.25) is 15.0 Å². The molecule has 0 atom stereocenters. The maximum Gasteiger partial charge on any atom is 0.341 e. The lowest BCUT2D eigenvalue weighted by atomic mass is 10.2. The highest BCUT2D eigenvalue weighted by atomic mass is 32.1. The van der Waals surface area contributed by atoms with E-state index in [4.69, 9.17) is 4.74 Å². The molecular formula is C22H25N5O3S. The van der Waals surface area contributed by atoms with E-state index in [0.717, 1.165) is 37.4 Å². The van der Waals surface area contributed by atoms with Crippen molar-refractivity contribution in [3.63, 3.8) is 0 Å². The van der Waals surface area contributed by atoms with Crippen molar-refractivity contribution in [2.45, 2.75) is 33.7 Å². The first-order chi connectivity index (χ1) is 15.0. The van der Waals surface area contributed by atoms with Gasteiger partial charge in [0.15, 0.2) is 5.13 Å². The van der Waals surface area contributed by atoms with Crippen LogP contribution in [0.5, 0.6) is 0 Å². The lowest BCUT2D eigenvalue weighted by Crippen LogP contribution is -2.29. The number of nitrogens with one attached hydrogen (secondary N) is 1. The lowest BCUT2D eigenvalue weighted by Gasteiger charge is -2.23. The summed E-state index contributed by atoms with van der Waals surface area (Å²) in [7, 11) is 0. The fraction of sp³-hybridized carbons (Fsp3) is 0.364. The number of thiazole rings is 1. The summed E-state index contributed by atoms with van der Waals surface area (Å²) in [6.45, 7) is 8.96. The van der Waals surface area contributed by atoms with Gasteiger partial charge in [-0.2, -0.15) is 5.10 Å². The number of carbonyl (C=O) groups excluding carboxylic acids is 2. The van der Waals surface area contributed by atoms with Crippen LogP contribution >= 0.6 is 11.3 Å². The van der Waals surface area contributed by atoms with Crippen LogP contribution < -0.4 is 5.32 Å². The van der Waals surface area contributed by atoms with E-state index >= 15 is 0 Å². The Labute approximate surface area is 184 Å². The van der Waals surface area contributed by atoms with Crippen LogP contribution in [0.2, 0.25) is 0 Å². The third-order valence-corrected chi connectivity index (χ3v) is 6.36. The molecule has 1 aliphatic rings. The quantitative estimate of drug-likeness (QED) is 0.592. The van der Waals surface area contributed by atoms with Crippen LogP contribution in [-0.4, -0.2) is 51.2 Å². The molecule has 3 aromatic rings. The van der Waals surface area contributed by atoms with Gasteiger partial charge in [-0.15, -0.1) is 11.3 Å². The topological polar surface area (TPSA) is 89.3 Å². The molecule has 4 rings (SSSR count). The lowest BCUT2D eigenvalue weighted by molar-refractivity contribution is 0.0525. The number of aromatic nitrogens is 3. The molecule has 1 aliphatic heterocycles. The number of hydrogen-bond donors (Lipinski definition) is 1. The van der Waals surface area contributed by atoms with Crippen LogP contribution in [0, 0.1) is 6.92 Å². The van der Waals surface area contributed by atoms with Gasteiger partial charge in [-0.05, 0) is 44.7 Å². The number of anilines is 1. The summed E-state index contributed by atoms with van der Waals surface area (Å²) in [5.41, 5.74) is 3.49. The molecule has 31 heavy (non-hydrogen) atoms. The van der Waals surface area contributed by atoms with Gasteiger partial charge in [-0.1, -0.05) is 6.92 Å². The minimum Gasteiger partial charge on any atom is -0.462 e. The van der Waals surface area contributed by atoms with Gasteiger partial charge in [0.2, 0.25) is 0 Å². The molecule has 0 bridgehead atoms. The molecule has 0 fully saturated rings. The monoisotopic (exact) mass is 439 g/mol. The predicted octanol–water partition coefficient (Wildman–Crippen LogP) is 3.44. The Bertz CT molecular complexity index is 1100. The molecule has 2 aromatic heterocycles. The highest BCUT2D eigenvalue weighted by Gasteiger charge is 2.21. The Kier molecular flexibility index (Phi) is 6.15. The van der Waals surface area contributed by atoms with Crippen molar-refractivity contribution >= 4 is 28.3 Å². The third kappa shape index (κ3) is 4.38. The molecule has 1 aromatic carbocycles. The van der Waals surface area contributed by atoms with Crippen molar-refractivity contribution in [1.82, 2.24) is 19.7 Å². The molecule has 0 saturated carbocycles. The standard InChI is InChI=1S/C22H25N5O3S/c1-4-26-11-10-18-19(13-26)31-22(24-18)25-20(28)15-6-8-16(9-7-15)27-14(3)17(12-23-27)21(29)30-5-2/h6-9,12H,4-5,10-11,13H2,1-3H3,(H,24,25,28). The normalized spacial score (nSPS) is 13.6. The number of likely N-dealkylation sites (N-methyl/N-ethyl adjacent to an activating group) is 1. The van der Waals surface area contributed by atoms with E-state index in [1.165, 1.54) is 11.1 Å². The molecule has 0 saturated heterocycles. The van der Waals surface area contributed by atoms with Crippen molar-refractivity contribution < 1.29 is 14.3 Å². The fourth-order valence-electron chi connectivity index (χ4n) is 3.57. The van der Waals surface area contributed by atoms with Gasteiger partial charge >= 0.3 is 5.97 Å². The molecule has 0 radical (unpaired) electrons. The number of carbonyl (C=O) groups is 2. The molecule has 0 unspecified atom stereocenters. The van der Waals surface area contributed by atoms with E-state index in [0.29, 0.717) is 28.6 Å². The highest BCUT2D eigenvalue weighted by molar-refractivity contribution is 7.15. The number of rotatable bonds is 6. The maximum atomic E-state index is 12.7. The van der Waals surface area contributed by atoms with Crippen LogP contribution in [0.3, 0.4) is 0 Å². The molecule has 1 amide bonds. The summed E-state index contributed by atoms with van der Waals surface area (Å²) in [5, 5.41) is 7.84. The summed E-state index contributed by atoms with van der Waals surface area (Å²) in [6, 6.07) is 7.08. The Balaban J connectivity index is 1.46. The van der Waals surface area contributed by atoms with E-state index < -0.39 is 5.97 Å². The first-order valence-corrected chi connectivity index (χ1v) is 11.2. The number of ether oxygens (including phenoxy) is 1. The summed E-state index contributed by atoms with van der Waals surface area (Å²) < 4.78 is 6.71. The Morgan fingerprint density at radius 2 is 2.00 bits per heavy atom. The minimum absolute atomic E-state index is 0.200. The van der Waals surface area contributed by atoms with Crippen molar-refractivity contribution in [1.29, 1.82) is 0 Å². The second-order valence-electron chi connectivity index (χ2n) is 7.28. The van der Waals surface area contributed by atoms with E-state index in [1.807, 2.05) is 6.92 Å². The fourth-order valence-corrected chi connectivity index (χ4v) is 4.62. The Morgan fingerprint density at radius 1 is 1.23 bits per heavy atom. The van der Waals surface area contributed by atoms with Gasteiger partial charge in [0.1, 0.15) is 5.56 Å². The van der Waals surface area contributed by atoms with E-state index in [1.54, 1.807) is 47.2 Å². The van der Waals surface area contributed by atoms with E-state index in [-0.39, 0.29) is 5.91 Å². The smallest absolute Gasteiger partial charge is 0.341 e. The van der Waals surface area contributed by atoms with Crippen molar-refractivity contribution in [3.8, 4) is 5.69 Å². The minimum atomic E-state index is -0.393. The van der Waals surface area contributed by atoms with Crippen LogP contribution in [0.1, 0.15) is 50.8 Å². The zero-order valence-electron chi connectivity index (χ0n) is 17.8. The molecule has 0 aliphatic carbocycles. The first-order valence-electron chi connectivity index (χ1n) is 10.3. The summed E-state index contributed by atoms with van der Waals surface area (Å²) >= 11 is 1.55. The van der Waals surface area contributed by atoms with Crippen molar-refractivity contribution in [2.75, 3.05) is 25.0 Å². The highest BCUT2D eigenvalue weighted by Crippen LogP contribution is 2.28. The van der Waals surface area contributed by atoms with Gasteiger partial charge < -0.3 is 4.74 Å². The summed E-state index contributed by atoms with van der Waals surface area (Å²) in [5.74, 6) is -0.593. The van der Waals surface area contributed by atoms with Crippen molar-refractivity contribution in [2.24, 2.45) is 0 Å². The second-order valence-corrected chi connectivity index (χ2v) is 8.37. The number of hydrogen-bond acceptors (Lipinski definition) is 7. The van der Waals surface area contributed by atoms with Gasteiger partial charge in [0, 0.05) is 30.0 Å². The number of fused-ring (bicyclic) bond motifs is 1. The largest absolute Gasteiger partial charge is 0.462 e. The third-order valence-electron chi connectivity index (χ3n) is 5.36. The maximum absolute atomic E-state index is 12.7. The van der Waals surface area contributed by atoms with Crippen LogP contribution in [0.4, 0.5) is 5.13 Å². The summed E-state index contributed by atoms with van der Waals surface area (Å²) in [4.78, 5) is 32.9. The second kappa shape index (κ2) is 8.99. The number of nitrogens with zero attached hydrogens (tertiary/aromatic N) is 4. The van der Waals surface area contributed by atoms with Gasteiger partial charge in [-0.25, -0.2) is 14.5 Å². The Morgan fingerprint density at radius 3 is 2.71 bits per heavy atom. The van der Waals surface area contributed by atoms with Crippen LogP contribution in [-0.2, 0) is 17.7 Å². The number of esters is 1. The zero-order chi connectivity index (χ0) is 22.0. The first kappa shape index (κ1) is 21.2. The average molecular weight is 440 g/mol. The zero-order valence-corrected chi connectivity index (χ0v) is 18.7. The molecule has 162 valence electrons. The van der Waals surface area contributed by atoms with Crippen LogP contribution in [0.25, 0.3) is 5.69 Å². The molecule has 0 spiro atoms. The number of amides is 1. The summed E-state index contributed by atoms with van der Waals surface area (Å²) in [6.07, 6.45) is 2.42. The Hall–Kier alpha value is -3.04. The molecule has 1 N–H and O–H groups in total. The SMILES string of the molecule is CCOC(=O)c1cnn(-c2ccc(C(=O)Nc3nc4c(s3)CN(CC)CC4)cc2)c1C. The molecule has 8 nitrogen and oxygen atoms in total. The molecular weight excluding hydrogens is 414 g/mol. The van der Waals surface area contributed by atoms with Gasteiger partial charge in [0.05, 0.1) is 29.9 Å². The predicted molar refractivity (Wildman–Crippen MR) is 119 cm³/mol. The molecule has 3 heterocycles. The number of benzene rings is 1.